The van der Waals surface area contributed by atoms with Gasteiger partial charge in [-0.2, -0.15) is 0 Å². The standard InChI is InChI=1S/C19H26N2/c1-18(2)17(19(18,3)4)21-15-11-7-9-13-12-8-5-6-10-14(12)20-16(13)15/h5-6,8,10,15,17,20-21H,7,9,11H2,1-4H3. The lowest BCUT2D eigenvalue weighted by Crippen LogP contribution is -2.30. The lowest BCUT2D eigenvalue weighted by atomic mass is 9.91. The molecule has 2 aliphatic carbocycles. The number of nitrogens with one attached hydrogen (secondary N) is 2. The number of benzene rings is 1. The van der Waals surface area contributed by atoms with E-state index in [2.05, 4.69) is 62.3 Å². The molecule has 2 aromatic rings. The number of aromatic amines is 1. The van der Waals surface area contributed by atoms with Crippen molar-refractivity contribution in [1.29, 1.82) is 0 Å². The van der Waals surface area contributed by atoms with Gasteiger partial charge < -0.3 is 10.3 Å². The van der Waals surface area contributed by atoms with Gasteiger partial charge in [0.1, 0.15) is 0 Å². The molecule has 0 amide bonds. The molecule has 1 unspecified atom stereocenters. The fourth-order valence-electron chi connectivity index (χ4n) is 4.40. The number of hydrogen-bond acceptors (Lipinski definition) is 1. The number of para-hydroxylation sites is 1. The highest BCUT2D eigenvalue weighted by Gasteiger charge is 2.65. The molecule has 1 heterocycles. The monoisotopic (exact) mass is 282 g/mol. The fourth-order valence-corrected chi connectivity index (χ4v) is 4.40. The Balaban J connectivity index is 1.68. The molecule has 1 saturated carbocycles. The summed E-state index contributed by atoms with van der Waals surface area (Å²) in [4.78, 5) is 3.69. The first-order valence-electron chi connectivity index (χ1n) is 8.28. The van der Waals surface area contributed by atoms with E-state index in [0.29, 0.717) is 22.9 Å². The fraction of sp³-hybridized carbons (Fsp3) is 0.579. The van der Waals surface area contributed by atoms with Crippen LogP contribution in [0.15, 0.2) is 24.3 Å². The van der Waals surface area contributed by atoms with Gasteiger partial charge in [0.25, 0.3) is 0 Å². The number of rotatable bonds is 2. The average Bonchev–Trinajstić information content (AvgIpc) is 2.78. The zero-order valence-electron chi connectivity index (χ0n) is 13.6. The highest BCUT2D eigenvalue weighted by Crippen LogP contribution is 2.63. The molecule has 0 aliphatic heterocycles. The Morgan fingerprint density at radius 3 is 2.52 bits per heavy atom. The van der Waals surface area contributed by atoms with Crippen molar-refractivity contribution in [2.45, 2.75) is 59.0 Å². The Morgan fingerprint density at radius 2 is 1.81 bits per heavy atom. The summed E-state index contributed by atoms with van der Waals surface area (Å²) < 4.78 is 0. The first-order valence-corrected chi connectivity index (χ1v) is 8.28. The van der Waals surface area contributed by atoms with Gasteiger partial charge in [0.05, 0.1) is 0 Å². The average molecular weight is 282 g/mol. The number of fused-ring (bicyclic) bond motifs is 3. The number of aryl methyl sites for hydroxylation is 1. The normalized spacial score (nSPS) is 26.8. The topological polar surface area (TPSA) is 27.8 Å². The molecule has 1 atom stereocenters. The second-order valence-electron chi connectivity index (χ2n) is 8.05. The summed E-state index contributed by atoms with van der Waals surface area (Å²) >= 11 is 0. The number of aromatic nitrogens is 1. The third-order valence-electron chi connectivity index (χ3n) is 6.50. The number of hydrogen-bond donors (Lipinski definition) is 2. The van der Waals surface area contributed by atoms with E-state index in [1.807, 2.05) is 0 Å². The minimum Gasteiger partial charge on any atom is -0.357 e. The minimum atomic E-state index is 0.399. The molecule has 2 N–H and O–H groups in total. The van der Waals surface area contributed by atoms with Crippen LogP contribution in [0, 0.1) is 10.8 Å². The van der Waals surface area contributed by atoms with Gasteiger partial charge in [-0.15, -0.1) is 0 Å². The summed E-state index contributed by atoms with van der Waals surface area (Å²) in [6.07, 6.45) is 3.76. The first kappa shape index (κ1) is 13.4. The molecule has 2 nitrogen and oxygen atoms in total. The Morgan fingerprint density at radius 1 is 1.10 bits per heavy atom. The van der Waals surface area contributed by atoms with E-state index < -0.39 is 0 Å². The van der Waals surface area contributed by atoms with Gasteiger partial charge >= 0.3 is 0 Å². The van der Waals surface area contributed by atoms with Crippen molar-refractivity contribution in [3.8, 4) is 0 Å². The zero-order chi connectivity index (χ0) is 14.8. The predicted molar refractivity (Wildman–Crippen MR) is 88.5 cm³/mol. The van der Waals surface area contributed by atoms with Gasteiger partial charge in [0.2, 0.25) is 0 Å². The van der Waals surface area contributed by atoms with Crippen molar-refractivity contribution in [2.24, 2.45) is 10.8 Å². The lowest BCUT2D eigenvalue weighted by Gasteiger charge is -2.25. The van der Waals surface area contributed by atoms with Crippen LogP contribution in [0.5, 0.6) is 0 Å². The largest absolute Gasteiger partial charge is 0.357 e. The number of H-pyrrole nitrogens is 1. The molecule has 0 saturated heterocycles. The summed E-state index contributed by atoms with van der Waals surface area (Å²) in [5.74, 6) is 0. The molecular formula is C19H26N2. The zero-order valence-corrected chi connectivity index (χ0v) is 13.6. The smallest absolute Gasteiger partial charge is 0.0478 e. The molecule has 1 aromatic carbocycles. The van der Waals surface area contributed by atoms with Crippen molar-refractivity contribution < 1.29 is 0 Å². The highest BCUT2D eigenvalue weighted by molar-refractivity contribution is 5.85. The molecule has 2 aliphatic rings. The van der Waals surface area contributed by atoms with Gasteiger partial charge in [0.15, 0.2) is 0 Å². The van der Waals surface area contributed by atoms with Crippen molar-refractivity contribution >= 4 is 10.9 Å². The van der Waals surface area contributed by atoms with Crippen molar-refractivity contribution in [2.75, 3.05) is 0 Å². The van der Waals surface area contributed by atoms with Gasteiger partial charge in [0, 0.05) is 28.7 Å². The van der Waals surface area contributed by atoms with Crippen LogP contribution in [0.4, 0.5) is 0 Å². The van der Waals surface area contributed by atoms with Gasteiger partial charge in [-0.25, -0.2) is 0 Å². The maximum absolute atomic E-state index is 3.96. The molecule has 112 valence electrons. The van der Waals surface area contributed by atoms with Gasteiger partial charge in [-0.05, 0) is 41.7 Å². The SMILES string of the molecule is CC1(C)C(NC2CCCc3c2[nH]c2ccccc32)C1(C)C. The first-order chi connectivity index (χ1) is 9.93. The lowest BCUT2D eigenvalue weighted by molar-refractivity contribution is 0.416. The van der Waals surface area contributed by atoms with Crippen LogP contribution in [0.25, 0.3) is 10.9 Å². The molecule has 0 spiro atoms. The van der Waals surface area contributed by atoms with Gasteiger partial charge in [-0.1, -0.05) is 45.9 Å². The third-order valence-corrected chi connectivity index (χ3v) is 6.50. The minimum absolute atomic E-state index is 0.399. The van der Waals surface area contributed by atoms with Crippen LogP contribution in [0.2, 0.25) is 0 Å². The van der Waals surface area contributed by atoms with E-state index >= 15 is 0 Å². The van der Waals surface area contributed by atoms with Crippen LogP contribution in [0.3, 0.4) is 0 Å². The molecule has 4 rings (SSSR count). The van der Waals surface area contributed by atoms with E-state index in [9.17, 15) is 0 Å². The second kappa shape index (κ2) is 4.13. The maximum atomic E-state index is 3.96. The van der Waals surface area contributed by atoms with E-state index in [4.69, 9.17) is 0 Å². The Labute approximate surface area is 127 Å². The predicted octanol–water partition coefficient (Wildman–Crippen LogP) is 4.57. The van der Waals surface area contributed by atoms with E-state index in [1.54, 1.807) is 5.56 Å². The second-order valence-corrected chi connectivity index (χ2v) is 8.05. The summed E-state index contributed by atoms with van der Waals surface area (Å²) in [6.45, 7) is 9.55. The quantitative estimate of drug-likeness (QED) is 0.829. The maximum Gasteiger partial charge on any atom is 0.0478 e. The highest BCUT2D eigenvalue weighted by atomic mass is 15.1. The van der Waals surface area contributed by atoms with E-state index in [1.165, 1.54) is 35.9 Å². The van der Waals surface area contributed by atoms with Crippen LogP contribution in [-0.2, 0) is 6.42 Å². The Hall–Kier alpha value is -1.28. The summed E-state index contributed by atoms with van der Waals surface area (Å²) in [5, 5.41) is 5.38. The molecule has 1 fully saturated rings. The van der Waals surface area contributed by atoms with Crippen LogP contribution in [0.1, 0.15) is 57.8 Å². The molecule has 0 bridgehead atoms. The molecular weight excluding hydrogens is 256 g/mol. The molecule has 1 aromatic heterocycles. The van der Waals surface area contributed by atoms with E-state index in [0.717, 1.165) is 0 Å². The van der Waals surface area contributed by atoms with Gasteiger partial charge in [-0.3, -0.25) is 0 Å². The third kappa shape index (κ3) is 1.75. The Kier molecular flexibility index (Phi) is 2.63. The molecule has 21 heavy (non-hydrogen) atoms. The molecule has 2 heteroatoms. The van der Waals surface area contributed by atoms with Crippen molar-refractivity contribution in [1.82, 2.24) is 10.3 Å². The van der Waals surface area contributed by atoms with E-state index in [-0.39, 0.29) is 0 Å². The van der Waals surface area contributed by atoms with Crippen molar-refractivity contribution in [3.63, 3.8) is 0 Å². The Bertz CT molecular complexity index is 679. The van der Waals surface area contributed by atoms with Crippen LogP contribution in [-0.4, -0.2) is 11.0 Å². The summed E-state index contributed by atoms with van der Waals surface area (Å²) in [7, 11) is 0. The molecule has 0 radical (unpaired) electrons. The summed E-state index contributed by atoms with van der Waals surface area (Å²) in [5.41, 5.74) is 5.09. The van der Waals surface area contributed by atoms with Crippen LogP contribution >= 0.6 is 0 Å². The summed E-state index contributed by atoms with van der Waals surface area (Å²) in [6, 6.07) is 9.85. The van der Waals surface area contributed by atoms with Crippen molar-refractivity contribution in [3.05, 3.63) is 35.5 Å². The van der Waals surface area contributed by atoms with Crippen LogP contribution < -0.4 is 5.32 Å².